The van der Waals surface area contributed by atoms with Crippen LogP contribution >= 0.6 is 11.8 Å². The SMILES string of the molecule is OC1CC(F)c2c(F)cc(F)cc2S1. The van der Waals surface area contributed by atoms with E-state index in [1.165, 1.54) is 0 Å². The van der Waals surface area contributed by atoms with Crippen molar-refractivity contribution in [2.24, 2.45) is 0 Å². The quantitative estimate of drug-likeness (QED) is 0.725. The molecule has 2 atom stereocenters. The molecule has 5 heteroatoms. The van der Waals surface area contributed by atoms with Crippen LogP contribution in [0.3, 0.4) is 0 Å². The van der Waals surface area contributed by atoms with Crippen molar-refractivity contribution >= 4 is 11.8 Å². The van der Waals surface area contributed by atoms with Gasteiger partial charge in [-0.05, 0) is 6.07 Å². The van der Waals surface area contributed by atoms with Crippen molar-refractivity contribution < 1.29 is 18.3 Å². The average molecular weight is 220 g/mol. The van der Waals surface area contributed by atoms with Crippen LogP contribution in [0.15, 0.2) is 17.0 Å². The molecule has 0 saturated carbocycles. The van der Waals surface area contributed by atoms with Gasteiger partial charge in [-0.15, -0.1) is 0 Å². The monoisotopic (exact) mass is 220 g/mol. The third-order valence-electron chi connectivity index (χ3n) is 2.04. The molecule has 0 bridgehead atoms. The summed E-state index contributed by atoms with van der Waals surface area (Å²) in [6.45, 7) is 0. The van der Waals surface area contributed by atoms with E-state index in [2.05, 4.69) is 0 Å². The highest BCUT2D eigenvalue weighted by molar-refractivity contribution is 7.99. The molecule has 1 heterocycles. The minimum atomic E-state index is -1.55. The van der Waals surface area contributed by atoms with E-state index in [1.54, 1.807) is 0 Å². The van der Waals surface area contributed by atoms with Crippen molar-refractivity contribution in [3.63, 3.8) is 0 Å². The molecule has 1 nitrogen and oxygen atoms in total. The van der Waals surface area contributed by atoms with Gasteiger partial charge in [0.15, 0.2) is 0 Å². The highest BCUT2D eigenvalue weighted by atomic mass is 32.2. The number of rotatable bonds is 0. The number of alkyl halides is 1. The minimum Gasteiger partial charge on any atom is -0.382 e. The lowest BCUT2D eigenvalue weighted by Gasteiger charge is -2.23. The zero-order valence-electron chi connectivity index (χ0n) is 7.01. The van der Waals surface area contributed by atoms with E-state index in [4.69, 9.17) is 0 Å². The molecule has 76 valence electrons. The molecular weight excluding hydrogens is 213 g/mol. The van der Waals surface area contributed by atoms with Gasteiger partial charge < -0.3 is 5.11 Å². The Balaban J connectivity index is 2.53. The Morgan fingerprint density at radius 3 is 2.79 bits per heavy atom. The smallest absolute Gasteiger partial charge is 0.133 e. The Bertz CT molecular complexity index is 369. The van der Waals surface area contributed by atoms with E-state index >= 15 is 0 Å². The lowest BCUT2D eigenvalue weighted by molar-refractivity contribution is 0.186. The Kier molecular flexibility index (Phi) is 2.45. The molecule has 0 saturated heterocycles. The Labute approximate surface area is 82.9 Å². The van der Waals surface area contributed by atoms with Gasteiger partial charge in [-0.1, -0.05) is 11.8 Å². The molecule has 2 rings (SSSR count). The standard InChI is InChI=1S/C9H7F3OS/c10-4-1-5(11)9-6(12)3-8(13)14-7(9)2-4/h1-2,6,8,13H,3H2. The predicted octanol–water partition coefficient (Wildman–Crippen LogP) is 2.79. The summed E-state index contributed by atoms with van der Waals surface area (Å²) in [7, 11) is 0. The summed E-state index contributed by atoms with van der Waals surface area (Å²) >= 11 is 0.879. The summed E-state index contributed by atoms with van der Waals surface area (Å²) in [6.07, 6.45) is -1.71. The molecule has 0 aliphatic carbocycles. The molecule has 0 spiro atoms. The summed E-state index contributed by atoms with van der Waals surface area (Å²) in [5.41, 5.74) is -1.07. The lowest BCUT2D eigenvalue weighted by Crippen LogP contribution is -2.14. The fourth-order valence-corrected chi connectivity index (χ4v) is 2.54. The first-order chi connectivity index (χ1) is 6.58. The number of fused-ring (bicyclic) bond motifs is 1. The Morgan fingerprint density at radius 1 is 1.36 bits per heavy atom. The van der Waals surface area contributed by atoms with Crippen LogP contribution in [-0.4, -0.2) is 10.5 Å². The van der Waals surface area contributed by atoms with Gasteiger partial charge in [0.05, 0.1) is 0 Å². The first-order valence-corrected chi connectivity index (χ1v) is 4.93. The highest BCUT2D eigenvalue weighted by Crippen LogP contribution is 2.43. The number of aliphatic hydroxyl groups excluding tert-OH is 1. The molecule has 1 aliphatic rings. The van der Waals surface area contributed by atoms with E-state index in [-0.39, 0.29) is 16.9 Å². The molecular formula is C9H7F3OS. The van der Waals surface area contributed by atoms with Gasteiger partial charge in [-0.25, -0.2) is 13.2 Å². The van der Waals surface area contributed by atoms with E-state index in [1.807, 2.05) is 0 Å². The van der Waals surface area contributed by atoms with Gasteiger partial charge in [-0.3, -0.25) is 0 Å². The van der Waals surface area contributed by atoms with Crippen LogP contribution in [0.5, 0.6) is 0 Å². The third kappa shape index (κ3) is 1.62. The molecule has 1 aliphatic heterocycles. The maximum atomic E-state index is 13.3. The molecule has 1 aromatic rings. The Morgan fingerprint density at radius 2 is 2.07 bits per heavy atom. The Hall–Kier alpha value is -0.680. The maximum absolute atomic E-state index is 13.3. The van der Waals surface area contributed by atoms with Gasteiger partial charge in [0.2, 0.25) is 0 Å². The van der Waals surface area contributed by atoms with Crippen LogP contribution in [0.1, 0.15) is 18.2 Å². The van der Waals surface area contributed by atoms with Gasteiger partial charge in [0.25, 0.3) is 0 Å². The number of halogens is 3. The molecule has 0 radical (unpaired) electrons. The molecule has 2 unspecified atom stereocenters. The highest BCUT2D eigenvalue weighted by Gasteiger charge is 2.29. The molecule has 0 amide bonds. The molecule has 1 N–H and O–H groups in total. The van der Waals surface area contributed by atoms with Gasteiger partial charge in [-0.2, -0.15) is 0 Å². The zero-order chi connectivity index (χ0) is 10.3. The van der Waals surface area contributed by atoms with Crippen molar-refractivity contribution in [1.29, 1.82) is 0 Å². The van der Waals surface area contributed by atoms with Gasteiger partial charge in [0.1, 0.15) is 23.2 Å². The van der Waals surface area contributed by atoms with Crippen molar-refractivity contribution in [3.05, 3.63) is 29.3 Å². The van der Waals surface area contributed by atoms with Gasteiger partial charge in [0, 0.05) is 22.9 Å². The first-order valence-electron chi connectivity index (χ1n) is 4.05. The van der Waals surface area contributed by atoms with E-state index < -0.39 is 23.2 Å². The second kappa shape index (κ2) is 3.47. The first kappa shape index (κ1) is 9.86. The van der Waals surface area contributed by atoms with Crippen LogP contribution in [0.2, 0.25) is 0 Å². The van der Waals surface area contributed by atoms with Crippen LogP contribution in [0.4, 0.5) is 13.2 Å². The van der Waals surface area contributed by atoms with Crippen molar-refractivity contribution in [2.75, 3.05) is 0 Å². The van der Waals surface area contributed by atoms with Crippen LogP contribution in [-0.2, 0) is 0 Å². The van der Waals surface area contributed by atoms with Crippen LogP contribution in [0.25, 0.3) is 0 Å². The van der Waals surface area contributed by atoms with Crippen molar-refractivity contribution in [3.8, 4) is 0 Å². The number of thioether (sulfide) groups is 1. The van der Waals surface area contributed by atoms with Crippen molar-refractivity contribution in [1.82, 2.24) is 0 Å². The molecule has 0 fully saturated rings. The summed E-state index contributed by atoms with van der Waals surface area (Å²) < 4.78 is 39.2. The predicted molar refractivity (Wildman–Crippen MR) is 46.7 cm³/mol. The topological polar surface area (TPSA) is 20.2 Å². The van der Waals surface area contributed by atoms with Crippen LogP contribution < -0.4 is 0 Å². The van der Waals surface area contributed by atoms with E-state index in [0.29, 0.717) is 6.07 Å². The fourth-order valence-electron chi connectivity index (χ4n) is 1.45. The number of hydrogen-bond acceptors (Lipinski definition) is 2. The second-order valence-corrected chi connectivity index (χ2v) is 4.29. The summed E-state index contributed by atoms with van der Waals surface area (Å²) in [5.74, 6) is -1.64. The summed E-state index contributed by atoms with van der Waals surface area (Å²) in [5, 5.41) is 9.19. The number of hydrogen-bond donors (Lipinski definition) is 1. The van der Waals surface area contributed by atoms with Crippen LogP contribution in [0, 0.1) is 11.6 Å². The largest absolute Gasteiger partial charge is 0.382 e. The summed E-state index contributed by atoms with van der Waals surface area (Å²) in [4.78, 5) is 0.147. The number of aliphatic hydroxyl groups is 1. The molecule has 0 aromatic heterocycles. The zero-order valence-corrected chi connectivity index (χ0v) is 7.82. The third-order valence-corrected chi connectivity index (χ3v) is 3.10. The fraction of sp³-hybridized carbons (Fsp3) is 0.333. The van der Waals surface area contributed by atoms with E-state index in [9.17, 15) is 18.3 Å². The average Bonchev–Trinajstić information content (AvgIpc) is 1.99. The van der Waals surface area contributed by atoms with E-state index in [0.717, 1.165) is 17.8 Å². The molecule has 14 heavy (non-hydrogen) atoms. The van der Waals surface area contributed by atoms with Crippen molar-refractivity contribution in [2.45, 2.75) is 22.9 Å². The normalized spacial score (nSPS) is 26.0. The summed E-state index contributed by atoms with van der Waals surface area (Å²) in [6, 6.07) is 1.70. The lowest BCUT2D eigenvalue weighted by atomic mass is 10.1. The second-order valence-electron chi connectivity index (χ2n) is 3.08. The van der Waals surface area contributed by atoms with Gasteiger partial charge >= 0.3 is 0 Å². The maximum Gasteiger partial charge on any atom is 0.133 e. The molecule has 1 aromatic carbocycles. The number of benzene rings is 1. The minimum absolute atomic E-state index is 0.137.